The quantitative estimate of drug-likeness (QED) is 0.788. The van der Waals surface area contributed by atoms with Gasteiger partial charge in [0.2, 0.25) is 0 Å². The highest BCUT2D eigenvalue weighted by Gasteiger charge is 2.36. The van der Waals surface area contributed by atoms with Crippen LogP contribution in [0.15, 0.2) is 0 Å². The highest BCUT2D eigenvalue weighted by atomic mass is 16.6. The molecule has 2 heterocycles. The van der Waals surface area contributed by atoms with E-state index >= 15 is 0 Å². The Bertz CT molecular complexity index is 319. The molecule has 0 aromatic carbocycles. The molecule has 2 rings (SSSR count). The zero-order valence-corrected chi connectivity index (χ0v) is 12.2. The summed E-state index contributed by atoms with van der Waals surface area (Å²) >= 11 is 0. The summed E-state index contributed by atoms with van der Waals surface area (Å²) in [7, 11) is 0. The SMILES string of the molecule is CC(C)(C)OC(=O)N1CCC([C@@H]2OCC[C@@H]2N)CC1. The van der Waals surface area contributed by atoms with Crippen molar-refractivity contribution in [1.82, 2.24) is 4.90 Å². The Morgan fingerprint density at radius 1 is 1.26 bits per heavy atom. The number of hydrogen-bond acceptors (Lipinski definition) is 4. The van der Waals surface area contributed by atoms with Crippen molar-refractivity contribution < 1.29 is 14.3 Å². The first kappa shape index (κ1) is 14.6. The van der Waals surface area contributed by atoms with Gasteiger partial charge in [-0.05, 0) is 46.0 Å². The molecule has 110 valence electrons. The topological polar surface area (TPSA) is 64.8 Å². The smallest absolute Gasteiger partial charge is 0.410 e. The molecule has 0 aromatic rings. The number of hydrogen-bond donors (Lipinski definition) is 1. The van der Waals surface area contributed by atoms with Crippen LogP contribution in [0, 0.1) is 5.92 Å². The number of nitrogens with two attached hydrogens (primary N) is 1. The van der Waals surface area contributed by atoms with Gasteiger partial charge in [0.1, 0.15) is 5.60 Å². The molecular weight excluding hydrogens is 244 g/mol. The molecule has 0 aromatic heterocycles. The number of ether oxygens (including phenoxy) is 2. The molecule has 0 spiro atoms. The molecule has 2 aliphatic heterocycles. The predicted octanol–water partition coefficient (Wildman–Crippen LogP) is 1.75. The van der Waals surface area contributed by atoms with Gasteiger partial charge in [-0.15, -0.1) is 0 Å². The number of carbonyl (C=O) groups excluding carboxylic acids is 1. The van der Waals surface area contributed by atoms with Gasteiger partial charge in [-0.3, -0.25) is 0 Å². The van der Waals surface area contributed by atoms with Gasteiger partial charge in [-0.1, -0.05) is 0 Å². The number of amides is 1. The second-order valence-electron chi connectivity index (χ2n) is 6.59. The second-order valence-corrected chi connectivity index (χ2v) is 6.59. The molecule has 0 radical (unpaired) electrons. The number of rotatable bonds is 1. The standard InChI is InChI=1S/C14H26N2O3/c1-14(2,3)19-13(17)16-7-4-10(5-8-16)12-11(15)6-9-18-12/h10-12H,4-9,15H2,1-3H3/t11-,12-/m0/s1. The highest BCUT2D eigenvalue weighted by molar-refractivity contribution is 5.68. The minimum Gasteiger partial charge on any atom is -0.444 e. The number of nitrogens with zero attached hydrogens (tertiary/aromatic N) is 1. The monoisotopic (exact) mass is 270 g/mol. The van der Waals surface area contributed by atoms with Crippen LogP contribution in [0.5, 0.6) is 0 Å². The maximum atomic E-state index is 12.0. The van der Waals surface area contributed by atoms with E-state index in [0.717, 1.165) is 39.0 Å². The lowest BCUT2D eigenvalue weighted by molar-refractivity contribution is 0.000311. The van der Waals surface area contributed by atoms with Gasteiger partial charge in [0, 0.05) is 25.7 Å². The normalized spacial score (nSPS) is 29.6. The van der Waals surface area contributed by atoms with E-state index in [1.807, 2.05) is 20.8 Å². The van der Waals surface area contributed by atoms with E-state index in [2.05, 4.69) is 0 Å². The van der Waals surface area contributed by atoms with E-state index in [9.17, 15) is 4.79 Å². The van der Waals surface area contributed by atoms with Crippen LogP contribution < -0.4 is 5.73 Å². The summed E-state index contributed by atoms with van der Waals surface area (Å²) in [6.07, 6.45) is 2.84. The lowest BCUT2D eigenvalue weighted by Crippen LogP contribution is -2.46. The van der Waals surface area contributed by atoms with Crippen molar-refractivity contribution in [2.24, 2.45) is 11.7 Å². The van der Waals surface area contributed by atoms with Crippen LogP contribution in [0.4, 0.5) is 4.79 Å². The predicted molar refractivity (Wildman–Crippen MR) is 72.9 cm³/mol. The third-order valence-electron chi connectivity index (χ3n) is 3.84. The molecule has 19 heavy (non-hydrogen) atoms. The summed E-state index contributed by atoms with van der Waals surface area (Å²) in [5, 5.41) is 0. The van der Waals surface area contributed by atoms with Crippen molar-refractivity contribution in [2.45, 2.75) is 57.8 Å². The Kier molecular flexibility index (Phi) is 4.36. The molecule has 0 unspecified atom stereocenters. The highest BCUT2D eigenvalue weighted by Crippen LogP contribution is 2.28. The van der Waals surface area contributed by atoms with Crippen molar-refractivity contribution >= 4 is 6.09 Å². The molecule has 2 saturated heterocycles. The fraction of sp³-hybridized carbons (Fsp3) is 0.929. The van der Waals surface area contributed by atoms with E-state index < -0.39 is 5.60 Å². The average molecular weight is 270 g/mol. The van der Waals surface area contributed by atoms with Crippen molar-refractivity contribution in [3.63, 3.8) is 0 Å². The first-order valence-electron chi connectivity index (χ1n) is 7.22. The maximum Gasteiger partial charge on any atom is 0.410 e. The third kappa shape index (κ3) is 3.83. The van der Waals surface area contributed by atoms with E-state index in [4.69, 9.17) is 15.2 Å². The molecule has 1 amide bonds. The molecule has 2 N–H and O–H groups in total. The van der Waals surface area contributed by atoms with Crippen LogP contribution in [0.3, 0.4) is 0 Å². The van der Waals surface area contributed by atoms with Gasteiger partial charge < -0.3 is 20.1 Å². The van der Waals surface area contributed by atoms with Crippen LogP contribution in [-0.2, 0) is 9.47 Å². The largest absolute Gasteiger partial charge is 0.444 e. The maximum absolute atomic E-state index is 12.0. The Labute approximate surface area is 115 Å². The minimum absolute atomic E-state index is 0.165. The van der Waals surface area contributed by atoms with Crippen LogP contribution in [0.2, 0.25) is 0 Å². The molecule has 5 nitrogen and oxygen atoms in total. The zero-order valence-electron chi connectivity index (χ0n) is 12.2. The summed E-state index contributed by atoms with van der Waals surface area (Å²) in [4.78, 5) is 13.7. The lowest BCUT2D eigenvalue weighted by Gasteiger charge is -2.36. The van der Waals surface area contributed by atoms with Crippen molar-refractivity contribution in [1.29, 1.82) is 0 Å². The van der Waals surface area contributed by atoms with Gasteiger partial charge in [0.25, 0.3) is 0 Å². The Balaban J connectivity index is 1.80. The molecule has 2 aliphatic rings. The summed E-state index contributed by atoms with van der Waals surface area (Å²) in [6.45, 7) is 7.94. The zero-order chi connectivity index (χ0) is 14.0. The van der Waals surface area contributed by atoms with Crippen LogP contribution in [0.25, 0.3) is 0 Å². The molecular formula is C14H26N2O3. The summed E-state index contributed by atoms with van der Waals surface area (Å²) < 4.78 is 11.1. The molecule has 0 bridgehead atoms. The van der Waals surface area contributed by atoms with Gasteiger partial charge in [-0.2, -0.15) is 0 Å². The minimum atomic E-state index is -0.426. The average Bonchev–Trinajstić information content (AvgIpc) is 2.73. The Hall–Kier alpha value is -0.810. The van der Waals surface area contributed by atoms with E-state index in [-0.39, 0.29) is 18.2 Å². The first-order chi connectivity index (χ1) is 8.87. The van der Waals surface area contributed by atoms with Crippen molar-refractivity contribution in [3.8, 4) is 0 Å². The van der Waals surface area contributed by atoms with Crippen LogP contribution in [-0.4, -0.2) is 48.4 Å². The summed E-state index contributed by atoms with van der Waals surface area (Å²) in [5.74, 6) is 0.483. The van der Waals surface area contributed by atoms with Gasteiger partial charge in [-0.25, -0.2) is 4.79 Å². The second kappa shape index (κ2) is 5.67. The molecule has 2 atom stereocenters. The Morgan fingerprint density at radius 2 is 1.89 bits per heavy atom. The van der Waals surface area contributed by atoms with E-state index in [1.54, 1.807) is 4.90 Å². The van der Waals surface area contributed by atoms with E-state index in [1.165, 1.54) is 0 Å². The van der Waals surface area contributed by atoms with Gasteiger partial charge in [0.15, 0.2) is 0 Å². The third-order valence-corrected chi connectivity index (χ3v) is 3.84. The molecule has 5 heteroatoms. The van der Waals surface area contributed by atoms with Gasteiger partial charge >= 0.3 is 6.09 Å². The molecule has 2 fully saturated rings. The fourth-order valence-electron chi connectivity index (χ4n) is 2.85. The number of carbonyl (C=O) groups is 1. The van der Waals surface area contributed by atoms with Crippen molar-refractivity contribution in [3.05, 3.63) is 0 Å². The Morgan fingerprint density at radius 3 is 2.37 bits per heavy atom. The number of piperidine rings is 1. The van der Waals surface area contributed by atoms with Crippen LogP contribution >= 0.6 is 0 Å². The molecule has 0 aliphatic carbocycles. The molecule has 0 saturated carbocycles. The van der Waals surface area contributed by atoms with Gasteiger partial charge in [0.05, 0.1) is 6.10 Å². The fourth-order valence-corrected chi connectivity index (χ4v) is 2.85. The van der Waals surface area contributed by atoms with Crippen molar-refractivity contribution in [2.75, 3.05) is 19.7 Å². The lowest BCUT2D eigenvalue weighted by atomic mass is 9.88. The van der Waals surface area contributed by atoms with E-state index in [0.29, 0.717) is 5.92 Å². The van der Waals surface area contributed by atoms with Crippen LogP contribution in [0.1, 0.15) is 40.0 Å². The number of likely N-dealkylation sites (tertiary alicyclic amines) is 1. The first-order valence-corrected chi connectivity index (χ1v) is 7.22. The summed E-state index contributed by atoms with van der Waals surface area (Å²) in [6, 6.07) is 0.165. The summed E-state index contributed by atoms with van der Waals surface area (Å²) in [5.41, 5.74) is 5.63.